The highest BCUT2D eigenvalue weighted by molar-refractivity contribution is 6.74. The molecule has 0 unspecified atom stereocenters. The van der Waals surface area contributed by atoms with Gasteiger partial charge in [-0.3, -0.25) is 4.79 Å². The van der Waals surface area contributed by atoms with Gasteiger partial charge in [0.15, 0.2) is 8.32 Å². The van der Waals surface area contributed by atoms with Gasteiger partial charge in [-0.1, -0.05) is 76.9 Å². The van der Waals surface area contributed by atoms with Crippen LogP contribution in [0.5, 0.6) is 0 Å². The van der Waals surface area contributed by atoms with Crippen LogP contribution >= 0.6 is 0 Å². The first-order valence-corrected chi connectivity index (χ1v) is 16.9. The van der Waals surface area contributed by atoms with Gasteiger partial charge in [-0.15, -0.1) is 6.58 Å². The van der Waals surface area contributed by atoms with Crippen molar-refractivity contribution in [2.75, 3.05) is 13.2 Å². The summed E-state index contributed by atoms with van der Waals surface area (Å²) in [6, 6.07) is 10.1. The zero-order valence-electron chi connectivity index (χ0n) is 24.7. The number of hydrogen-bond acceptors (Lipinski definition) is 5. The SMILES string of the molecule is C=CC[C@@H]1[C@H](C)CCC[C@]1(C)OCCOC(=O)C[C@@H](O[Si](C)(C)C(C)(C)C)[C@@H](C)OCc1ccccc1. The van der Waals surface area contributed by atoms with Gasteiger partial charge < -0.3 is 18.6 Å². The van der Waals surface area contributed by atoms with Crippen LogP contribution in [-0.2, 0) is 30.0 Å². The van der Waals surface area contributed by atoms with Crippen LogP contribution < -0.4 is 0 Å². The lowest BCUT2D eigenvalue weighted by Crippen LogP contribution is -2.47. The van der Waals surface area contributed by atoms with E-state index < -0.39 is 8.32 Å². The van der Waals surface area contributed by atoms with Gasteiger partial charge in [0.25, 0.3) is 0 Å². The summed E-state index contributed by atoms with van der Waals surface area (Å²) in [5, 5.41) is 0.0245. The Morgan fingerprint density at radius 2 is 1.89 bits per heavy atom. The molecule has 0 aromatic heterocycles. The van der Waals surface area contributed by atoms with Crippen LogP contribution in [0.4, 0.5) is 0 Å². The van der Waals surface area contributed by atoms with Crippen molar-refractivity contribution in [2.24, 2.45) is 11.8 Å². The van der Waals surface area contributed by atoms with E-state index in [1.807, 2.05) is 43.3 Å². The largest absolute Gasteiger partial charge is 0.463 e. The molecule has 210 valence electrons. The number of carbonyl (C=O) groups excluding carboxylic acids is 1. The molecule has 0 N–H and O–H groups in total. The molecule has 0 bridgehead atoms. The summed E-state index contributed by atoms with van der Waals surface area (Å²) in [6.07, 6.45) is 5.92. The van der Waals surface area contributed by atoms with Gasteiger partial charge >= 0.3 is 5.97 Å². The molecule has 37 heavy (non-hydrogen) atoms. The van der Waals surface area contributed by atoms with Gasteiger partial charge in [0.05, 0.1) is 37.4 Å². The second-order valence-electron chi connectivity index (χ2n) is 12.5. The molecule has 5 atom stereocenters. The number of carbonyl (C=O) groups is 1. The van der Waals surface area contributed by atoms with Crippen LogP contribution in [0.2, 0.25) is 18.1 Å². The molecule has 0 spiro atoms. The van der Waals surface area contributed by atoms with Gasteiger partial charge in [0.1, 0.15) is 6.61 Å². The van der Waals surface area contributed by atoms with Gasteiger partial charge in [0.2, 0.25) is 0 Å². The third-order valence-corrected chi connectivity index (χ3v) is 13.0. The minimum absolute atomic E-state index is 0.0245. The van der Waals surface area contributed by atoms with Gasteiger partial charge in [-0.25, -0.2) is 0 Å². The molecule has 0 heterocycles. The maximum absolute atomic E-state index is 12.9. The van der Waals surface area contributed by atoms with E-state index >= 15 is 0 Å². The standard InChI is InChI=1S/C31H52O5Si/c1-10-15-27-24(2)16-14-19-31(27,7)35-21-20-33-29(32)22-28(36-37(8,9)30(4,5)6)25(3)34-23-26-17-12-11-13-18-26/h10-13,17-18,24-25,27-28H,1,14-16,19-23H2,2-9H3/t24-,25-,27-,28-,31+/m1/s1. The summed E-state index contributed by atoms with van der Waals surface area (Å²) in [5.74, 6) is 0.775. The molecule has 1 saturated carbocycles. The van der Waals surface area contributed by atoms with Crippen LogP contribution in [0.25, 0.3) is 0 Å². The predicted molar refractivity (Wildman–Crippen MR) is 154 cm³/mol. The Bertz CT molecular complexity index is 834. The predicted octanol–water partition coefficient (Wildman–Crippen LogP) is 7.70. The molecular weight excluding hydrogens is 480 g/mol. The topological polar surface area (TPSA) is 54.0 Å². The summed E-state index contributed by atoms with van der Waals surface area (Å²) in [4.78, 5) is 12.9. The van der Waals surface area contributed by atoms with Gasteiger partial charge in [-0.2, -0.15) is 0 Å². The molecule has 1 aromatic carbocycles. The van der Waals surface area contributed by atoms with E-state index in [-0.39, 0.29) is 41.8 Å². The molecule has 0 aliphatic heterocycles. The van der Waals surface area contributed by atoms with Crippen LogP contribution in [0.1, 0.15) is 79.2 Å². The van der Waals surface area contributed by atoms with Gasteiger partial charge in [0, 0.05) is 0 Å². The Hall–Kier alpha value is -1.47. The van der Waals surface area contributed by atoms with Crippen LogP contribution in [0.15, 0.2) is 43.0 Å². The average Bonchev–Trinajstić information content (AvgIpc) is 2.82. The molecule has 1 aliphatic carbocycles. The molecule has 2 rings (SSSR count). The maximum Gasteiger partial charge on any atom is 0.308 e. The van der Waals surface area contributed by atoms with Crippen LogP contribution in [0.3, 0.4) is 0 Å². The number of hydrogen-bond donors (Lipinski definition) is 0. The molecule has 1 aliphatic rings. The molecular formula is C31H52O5Si. The molecule has 0 amide bonds. The molecule has 0 radical (unpaired) electrons. The Morgan fingerprint density at radius 1 is 1.22 bits per heavy atom. The highest BCUT2D eigenvalue weighted by Gasteiger charge is 2.42. The monoisotopic (exact) mass is 532 g/mol. The zero-order valence-corrected chi connectivity index (χ0v) is 25.7. The lowest BCUT2D eigenvalue weighted by atomic mass is 9.69. The van der Waals surface area contributed by atoms with Gasteiger partial charge in [-0.05, 0) is 62.2 Å². The van der Waals surface area contributed by atoms with Crippen molar-refractivity contribution >= 4 is 14.3 Å². The Labute approximate surface area is 227 Å². The fourth-order valence-corrected chi connectivity index (χ4v) is 6.41. The Morgan fingerprint density at radius 3 is 2.51 bits per heavy atom. The van der Waals surface area contributed by atoms with E-state index in [2.05, 4.69) is 54.3 Å². The first-order chi connectivity index (χ1) is 17.3. The van der Waals surface area contributed by atoms with Crippen LogP contribution in [-0.4, -0.2) is 45.3 Å². The summed E-state index contributed by atoms with van der Waals surface area (Å²) in [5.41, 5.74) is 0.895. The molecule has 5 nitrogen and oxygen atoms in total. The lowest BCUT2D eigenvalue weighted by molar-refractivity contribution is -0.156. The fraction of sp³-hybridized carbons (Fsp3) is 0.710. The summed E-state index contributed by atoms with van der Waals surface area (Å²) >= 11 is 0. The van der Waals surface area contributed by atoms with E-state index in [0.717, 1.165) is 18.4 Å². The minimum atomic E-state index is -2.12. The number of allylic oxidation sites excluding steroid dienone is 1. The van der Waals surface area contributed by atoms with Crippen molar-refractivity contribution in [3.63, 3.8) is 0 Å². The van der Waals surface area contributed by atoms with Crippen LogP contribution in [0, 0.1) is 11.8 Å². The Balaban J connectivity index is 1.94. The third kappa shape index (κ3) is 9.65. The summed E-state index contributed by atoms with van der Waals surface area (Å²) in [6.45, 7) is 22.6. The third-order valence-electron chi connectivity index (χ3n) is 8.50. The second-order valence-corrected chi connectivity index (χ2v) is 17.3. The fourth-order valence-electron chi connectivity index (χ4n) is 5.03. The highest BCUT2D eigenvalue weighted by Crippen LogP contribution is 2.42. The number of esters is 1. The lowest BCUT2D eigenvalue weighted by Gasteiger charge is -2.44. The second kappa shape index (κ2) is 14.1. The molecule has 1 aromatic rings. The number of rotatable bonds is 14. The number of benzene rings is 1. The van der Waals surface area contributed by atoms with Crippen molar-refractivity contribution < 1.29 is 23.4 Å². The van der Waals surface area contributed by atoms with E-state index in [1.165, 1.54) is 12.8 Å². The highest BCUT2D eigenvalue weighted by atomic mass is 28.4. The molecule has 0 saturated heterocycles. The van der Waals surface area contributed by atoms with Crippen molar-refractivity contribution in [1.29, 1.82) is 0 Å². The Kier molecular flexibility index (Phi) is 12.1. The quantitative estimate of drug-likeness (QED) is 0.106. The number of ether oxygens (including phenoxy) is 3. The first kappa shape index (κ1) is 31.7. The van der Waals surface area contributed by atoms with Crippen molar-refractivity contribution in [3.05, 3.63) is 48.6 Å². The van der Waals surface area contributed by atoms with E-state index in [4.69, 9.17) is 18.6 Å². The average molecular weight is 533 g/mol. The van der Waals surface area contributed by atoms with Crippen molar-refractivity contribution in [3.8, 4) is 0 Å². The maximum atomic E-state index is 12.9. The zero-order chi connectivity index (χ0) is 27.7. The smallest absolute Gasteiger partial charge is 0.308 e. The molecule has 1 fully saturated rings. The van der Waals surface area contributed by atoms with Crippen molar-refractivity contribution in [1.82, 2.24) is 0 Å². The minimum Gasteiger partial charge on any atom is -0.463 e. The van der Waals surface area contributed by atoms with E-state index in [9.17, 15) is 4.79 Å². The molecule has 6 heteroatoms. The normalized spacial score (nSPS) is 24.3. The van der Waals surface area contributed by atoms with E-state index in [1.54, 1.807) is 0 Å². The summed E-state index contributed by atoms with van der Waals surface area (Å²) < 4.78 is 24.8. The van der Waals surface area contributed by atoms with Crippen molar-refractivity contribution in [2.45, 2.75) is 116 Å². The summed E-state index contributed by atoms with van der Waals surface area (Å²) in [7, 11) is -2.12. The first-order valence-electron chi connectivity index (χ1n) is 14.0. The van der Waals surface area contributed by atoms with E-state index in [0.29, 0.717) is 25.0 Å².